The molecule has 0 saturated heterocycles. The number of hydrogen-bond acceptors (Lipinski definition) is 3. The molecule has 1 aliphatic heterocycles. The second-order valence-electron chi connectivity index (χ2n) is 8.50. The van der Waals surface area contributed by atoms with Gasteiger partial charge in [0.1, 0.15) is 0 Å². The molecule has 2 aliphatic rings. The van der Waals surface area contributed by atoms with Crippen molar-refractivity contribution in [1.82, 2.24) is 24.6 Å². The Hall–Kier alpha value is -2.60. The lowest BCUT2D eigenvalue weighted by atomic mass is 10.0. The molecule has 0 spiro atoms. The normalized spacial score (nSPS) is 16.9. The highest BCUT2D eigenvalue weighted by molar-refractivity contribution is 5.94. The third kappa shape index (κ3) is 3.46. The summed E-state index contributed by atoms with van der Waals surface area (Å²) < 4.78 is 4.33. The number of nitrogens with zero attached hydrogens (tertiary/aromatic N) is 4. The van der Waals surface area contributed by atoms with E-state index in [9.17, 15) is 4.79 Å². The van der Waals surface area contributed by atoms with E-state index < -0.39 is 0 Å². The maximum Gasteiger partial charge on any atom is 0.272 e. The van der Waals surface area contributed by atoms with Gasteiger partial charge in [0.2, 0.25) is 0 Å². The predicted octanol–water partition coefficient (Wildman–Crippen LogP) is 3.09. The van der Waals surface area contributed by atoms with Crippen molar-refractivity contribution in [3.63, 3.8) is 0 Å². The van der Waals surface area contributed by atoms with Crippen molar-refractivity contribution < 1.29 is 4.79 Å². The molecule has 2 aromatic heterocycles. The van der Waals surface area contributed by atoms with Gasteiger partial charge in [-0.05, 0) is 37.3 Å². The van der Waals surface area contributed by atoms with E-state index >= 15 is 0 Å². The molecule has 6 nitrogen and oxygen atoms in total. The Morgan fingerprint density at radius 1 is 1.28 bits per heavy atom. The van der Waals surface area contributed by atoms with Crippen molar-refractivity contribution in [2.24, 2.45) is 13.0 Å². The molecule has 1 aliphatic carbocycles. The molecule has 6 heteroatoms. The van der Waals surface area contributed by atoms with Gasteiger partial charge in [-0.3, -0.25) is 14.4 Å². The molecule has 0 atom stereocenters. The number of aryl methyl sites for hydroxylation is 1. The number of para-hydroxylation sites is 1. The molecule has 3 aromatic rings. The molecule has 152 valence electrons. The van der Waals surface area contributed by atoms with Crippen LogP contribution < -0.4 is 5.32 Å². The molecule has 1 aromatic carbocycles. The first-order valence-corrected chi connectivity index (χ1v) is 10.8. The summed E-state index contributed by atoms with van der Waals surface area (Å²) in [4.78, 5) is 15.1. The number of fused-ring (bicyclic) bond motifs is 2. The number of rotatable bonds is 6. The molecule has 1 amide bonds. The molecule has 0 radical (unpaired) electrons. The third-order valence-electron chi connectivity index (χ3n) is 6.27. The molecule has 1 saturated carbocycles. The summed E-state index contributed by atoms with van der Waals surface area (Å²) in [5.41, 5.74) is 5.64. The first-order chi connectivity index (χ1) is 14.1. The van der Waals surface area contributed by atoms with Crippen LogP contribution in [-0.2, 0) is 33.1 Å². The summed E-state index contributed by atoms with van der Waals surface area (Å²) in [6.07, 6.45) is 5.78. The van der Waals surface area contributed by atoms with Crippen molar-refractivity contribution in [3.05, 3.63) is 53.0 Å². The Bertz CT molecular complexity index is 1060. The quantitative estimate of drug-likeness (QED) is 0.703. The summed E-state index contributed by atoms with van der Waals surface area (Å²) >= 11 is 0. The second kappa shape index (κ2) is 7.34. The zero-order chi connectivity index (χ0) is 20.0. The van der Waals surface area contributed by atoms with Gasteiger partial charge in [0.15, 0.2) is 5.69 Å². The van der Waals surface area contributed by atoms with Crippen molar-refractivity contribution in [1.29, 1.82) is 0 Å². The Morgan fingerprint density at radius 3 is 2.90 bits per heavy atom. The average Bonchev–Trinajstić information content (AvgIpc) is 3.40. The molecule has 3 heterocycles. The number of nitrogens with one attached hydrogen (secondary N) is 1. The number of hydrogen-bond donors (Lipinski definition) is 1. The lowest BCUT2D eigenvalue weighted by Gasteiger charge is -2.27. The SMILES string of the molecule is CCNC(=O)c1nn(CC2CC2)c2c1CN(Cc1cn(C)c3ccccc13)CC2. The number of amides is 1. The van der Waals surface area contributed by atoms with Crippen LogP contribution in [0, 0.1) is 5.92 Å². The van der Waals surface area contributed by atoms with Gasteiger partial charge in [0, 0.05) is 74.5 Å². The first-order valence-electron chi connectivity index (χ1n) is 10.8. The number of aromatic nitrogens is 3. The lowest BCUT2D eigenvalue weighted by Crippen LogP contribution is -2.32. The van der Waals surface area contributed by atoms with Crippen molar-refractivity contribution in [2.45, 2.75) is 45.8 Å². The van der Waals surface area contributed by atoms with Crippen LogP contribution in [0.2, 0.25) is 0 Å². The van der Waals surface area contributed by atoms with Gasteiger partial charge in [-0.2, -0.15) is 5.10 Å². The van der Waals surface area contributed by atoms with Gasteiger partial charge in [-0.15, -0.1) is 0 Å². The van der Waals surface area contributed by atoms with Crippen molar-refractivity contribution in [2.75, 3.05) is 13.1 Å². The molecule has 1 fully saturated rings. The Morgan fingerprint density at radius 2 is 2.10 bits per heavy atom. The molecule has 0 bridgehead atoms. The number of carbonyl (C=O) groups is 1. The van der Waals surface area contributed by atoms with Crippen LogP contribution in [0.5, 0.6) is 0 Å². The van der Waals surface area contributed by atoms with Crippen molar-refractivity contribution >= 4 is 16.8 Å². The lowest BCUT2D eigenvalue weighted by molar-refractivity contribution is 0.0947. The standard InChI is InChI=1S/C23H29N5O/c1-3-24-23(29)22-19-15-27(11-10-21(19)28(25-22)12-16-8-9-16)14-17-13-26(2)20-7-5-4-6-18(17)20/h4-7,13,16H,3,8-12,14-15H2,1-2H3,(H,24,29). The van der Waals surface area contributed by atoms with E-state index in [-0.39, 0.29) is 5.91 Å². The highest BCUT2D eigenvalue weighted by Crippen LogP contribution is 2.33. The van der Waals surface area contributed by atoms with Crippen LogP contribution in [0.15, 0.2) is 30.5 Å². The van der Waals surface area contributed by atoms with Gasteiger partial charge in [-0.1, -0.05) is 18.2 Å². The third-order valence-corrected chi connectivity index (χ3v) is 6.27. The fourth-order valence-corrected chi connectivity index (χ4v) is 4.60. The Kier molecular flexibility index (Phi) is 4.66. The summed E-state index contributed by atoms with van der Waals surface area (Å²) in [6.45, 7) is 6.23. The van der Waals surface area contributed by atoms with Gasteiger partial charge >= 0.3 is 0 Å². The summed E-state index contributed by atoms with van der Waals surface area (Å²) in [5, 5.41) is 9.02. The summed E-state index contributed by atoms with van der Waals surface area (Å²) in [5.74, 6) is 0.708. The monoisotopic (exact) mass is 391 g/mol. The van der Waals surface area contributed by atoms with E-state index in [1.54, 1.807) is 0 Å². The highest BCUT2D eigenvalue weighted by atomic mass is 16.1. The summed E-state index contributed by atoms with van der Waals surface area (Å²) in [6, 6.07) is 8.57. The maximum atomic E-state index is 12.7. The van der Waals surface area contributed by atoms with Crippen LogP contribution in [0.4, 0.5) is 0 Å². The summed E-state index contributed by atoms with van der Waals surface area (Å²) in [7, 11) is 2.11. The minimum absolute atomic E-state index is 0.0368. The van der Waals surface area contributed by atoms with E-state index in [1.807, 2.05) is 6.92 Å². The zero-order valence-electron chi connectivity index (χ0n) is 17.3. The zero-order valence-corrected chi connectivity index (χ0v) is 17.3. The number of carbonyl (C=O) groups excluding carboxylic acids is 1. The van der Waals surface area contributed by atoms with E-state index in [1.165, 1.54) is 35.0 Å². The molecule has 5 rings (SSSR count). The minimum atomic E-state index is -0.0368. The molecular formula is C23H29N5O. The molecular weight excluding hydrogens is 362 g/mol. The molecule has 29 heavy (non-hydrogen) atoms. The maximum absolute atomic E-state index is 12.7. The van der Waals surface area contributed by atoms with E-state index in [2.05, 4.69) is 57.0 Å². The Balaban J connectivity index is 1.43. The highest BCUT2D eigenvalue weighted by Gasteiger charge is 2.31. The fraction of sp³-hybridized carbons (Fsp3) is 0.478. The van der Waals surface area contributed by atoms with Gasteiger partial charge in [0.05, 0.1) is 0 Å². The molecule has 0 unspecified atom stereocenters. The van der Waals surface area contributed by atoms with E-state index in [0.29, 0.717) is 12.2 Å². The van der Waals surface area contributed by atoms with Crippen LogP contribution in [0.1, 0.15) is 47.1 Å². The predicted molar refractivity (Wildman–Crippen MR) is 114 cm³/mol. The Labute approximate surface area is 171 Å². The van der Waals surface area contributed by atoms with Gasteiger partial charge in [0.25, 0.3) is 5.91 Å². The van der Waals surface area contributed by atoms with Crippen LogP contribution in [0.25, 0.3) is 10.9 Å². The van der Waals surface area contributed by atoms with E-state index in [4.69, 9.17) is 5.10 Å². The topological polar surface area (TPSA) is 55.1 Å². The van der Waals surface area contributed by atoms with Crippen LogP contribution in [-0.4, -0.2) is 38.2 Å². The van der Waals surface area contributed by atoms with Crippen LogP contribution in [0.3, 0.4) is 0 Å². The smallest absolute Gasteiger partial charge is 0.272 e. The first kappa shape index (κ1) is 18.4. The largest absolute Gasteiger partial charge is 0.351 e. The van der Waals surface area contributed by atoms with Gasteiger partial charge in [-0.25, -0.2) is 0 Å². The minimum Gasteiger partial charge on any atom is -0.351 e. The van der Waals surface area contributed by atoms with Gasteiger partial charge < -0.3 is 9.88 Å². The fourth-order valence-electron chi connectivity index (χ4n) is 4.60. The number of benzene rings is 1. The van der Waals surface area contributed by atoms with E-state index in [0.717, 1.165) is 44.1 Å². The second-order valence-corrected chi connectivity index (χ2v) is 8.50. The van der Waals surface area contributed by atoms with Crippen LogP contribution >= 0.6 is 0 Å². The molecule has 1 N–H and O–H groups in total. The average molecular weight is 392 g/mol. The van der Waals surface area contributed by atoms with Crippen molar-refractivity contribution in [3.8, 4) is 0 Å².